The van der Waals surface area contributed by atoms with Crippen LogP contribution in [0.25, 0.3) is 0 Å². The quantitative estimate of drug-likeness (QED) is 0.877. The van der Waals surface area contributed by atoms with E-state index < -0.39 is 24.1 Å². The fourth-order valence-electron chi connectivity index (χ4n) is 2.56. The lowest BCUT2D eigenvalue weighted by molar-refractivity contribution is 0.0559. The zero-order valence-electron chi connectivity index (χ0n) is 13.1. The summed E-state index contributed by atoms with van der Waals surface area (Å²) in [6, 6.07) is 15.8. The van der Waals surface area contributed by atoms with Gasteiger partial charge in [-0.25, -0.2) is 4.79 Å². The summed E-state index contributed by atoms with van der Waals surface area (Å²) in [5.41, 5.74) is 1.53. The molecule has 6 heteroatoms. The van der Waals surface area contributed by atoms with Gasteiger partial charge in [0.1, 0.15) is 12.8 Å². The summed E-state index contributed by atoms with van der Waals surface area (Å²) >= 11 is 0. The van der Waals surface area contributed by atoms with Crippen LogP contribution in [0.15, 0.2) is 54.6 Å². The molecule has 1 N–H and O–H groups in total. The molecular weight excluding hydrogens is 308 g/mol. The average Bonchev–Trinajstić information content (AvgIpc) is 2.85. The van der Waals surface area contributed by atoms with Crippen molar-refractivity contribution >= 4 is 17.9 Å². The van der Waals surface area contributed by atoms with Crippen LogP contribution < -0.4 is 5.32 Å². The van der Waals surface area contributed by atoms with Crippen molar-refractivity contribution in [2.24, 2.45) is 0 Å². The van der Waals surface area contributed by atoms with Gasteiger partial charge in [-0.3, -0.25) is 14.5 Å². The third-order valence-corrected chi connectivity index (χ3v) is 3.75. The van der Waals surface area contributed by atoms with E-state index in [1.807, 2.05) is 30.3 Å². The van der Waals surface area contributed by atoms with Gasteiger partial charge in [-0.2, -0.15) is 0 Å². The molecule has 0 aliphatic carbocycles. The van der Waals surface area contributed by atoms with E-state index in [9.17, 15) is 14.4 Å². The molecule has 2 aromatic carbocycles. The molecule has 1 atom stereocenters. The smallest absolute Gasteiger partial charge is 0.409 e. The third-order valence-electron chi connectivity index (χ3n) is 3.75. The molecule has 122 valence electrons. The number of rotatable bonds is 4. The molecule has 0 bridgehead atoms. The van der Waals surface area contributed by atoms with Crippen molar-refractivity contribution in [3.63, 3.8) is 0 Å². The standard InChI is InChI=1S/C18H16N2O4/c1-12(19-18(23)24-11-13-7-3-2-4-8-13)20-16(21)14-9-5-6-10-15(14)17(20)22/h2-10,12H,11H2,1H3,(H,19,23). The fraction of sp³-hybridized carbons (Fsp3) is 0.167. The molecule has 0 fully saturated rings. The maximum absolute atomic E-state index is 12.3. The molecule has 3 amide bonds. The number of nitrogens with zero attached hydrogens (tertiary/aromatic N) is 1. The molecule has 0 aromatic heterocycles. The van der Waals surface area contributed by atoms with E-state index in [-0.39, 0.29) is 6.61 Å². The van der Waals surface area contributed by atoms with E-state index in [1.165, 1.54) is 0 Å². The number of fused-ring (bicyclic) bond motifs is 1. The number of alkyl carbamates (subject to hydrolysis) is 1. The maximum Gasteiger partial charge on any atom is 0.409 e. The largest absolute Gasteiger partial charge is 0.445 e. The lowest BCUT2D eigenvalue weighted by atomic mass is 10.1. The van der Waals surface area contributed by atoms with Crippen LogP contribution >= 0.6 is 0 Å². The molecule has 6 nitrogen and oxygen atoms in total. The predicted octanol–water partition coefficient (Wildman–Crippen LogP) is 2.56. The van der Waals surface area contributed by atoms with Crippen LogP contribution in [-0.2, 0) is 11.3 Å². The molecule has 3 rings (SSSR count). The first kappa shape index (κ1) is 15.7. The number of carbonyl (C=O) groups excluding carboxylic acids is 3. The summed E-state index contributed by atoms with van der Waals surface area (Å²) in [6.07, 6.45) is -1.50. The van der Waals surface area contributed by atoms with Gasteiger partial charge < -0.3 is 10.1 Å². The summed E-state index contributed by atoms with van der Waals surface area (Å²) in [6.45, 7) is 1.67. The molecule has 1 unspecified atom stereocenters. The topological polar surface area (TPSA) is 75.7 Å². The van der Waals surface area contributed by atoms with E-state index in [4.69, 9.17) is 4.74 Å². The van der Waals surface area contributed by atoms with Crippen LogP contribution in [0.3, 0.4) is 0 Å². The van der Waals surface area contributed by atoms with Crippen molar-refractivity contribution in [2.75, 3.05) is 0 Å². The molecule has 0 radical (unpaired) electrons. The maximum atomic E-state index is 12.3. The van der Waals surface area contributed by atoms with Gasteiger partial charge in [0, 0.05) is 0 Å². The Labute approximate surface area is 139 Å². The van der Waals surface area contributed by atoms with Crippen molar-refractivity contribution in [3.05, 3.63) is 71.3 Å². The minimum absolute atomic E-state index is 0.113. The SMILES string of the molecule is CC(NC(=O)OCc1ccccc1)N1C(=O)c2ccccc2C1=O. The minimum Gasteiger partial charge on any atom is -0.445 e. The highest BCUT2D eigenvalue weighted by Crippen LogP contribution is 2.23. The molecular formula is C18H16N2O4. The normalized spacial score (nSPS) is 14.3. The predicted molar refractivity (Wildman–Crippen MR) is 86.2 cm³/mol. The summed E-state index contributed by atoms with van der Waals surface area (Å²) in [7, 11) is 0. The van der Waals surface area contributed by atoms with Gasteiger partial charge in [-0.1, -0.05) is 42.5 Å². The number of amides is 3. The average molecular weight is 324 g/mol. The van der Waals surface area contributed by atoms with E-state index in [2.05, 4.69) is 5.32 Å². The number of benzene rings is 2. The summed E-state index contributed by atoms with van der Waals surface area (Å²) in [5.74, 6) is -0.849. The summed E-state index contributed by atoms with van der Waals surface area (Å²) in [4.78, 5) is 37.6. The number of nitrogens with one attached hydrogen (secondary N) is 1. The fourth-order valence-corrected chi connectivity index (χ4v) is 2.56. The Morgan fingerprint density at radius 3 is 2.12 bits per heavy atom. The lowest BCUT2D eigenvalue weighted by Gasteiger charge is -2.23. The van der Waals surface area contributed by atoms with Gasteiger partial charge in [0.05, 0.1) is 11.1 Å². The Hall–Kier alpha value is -3.15. The monoisotopic (exact) mass is 324 g/mol. The highest BCUT2D eigenvalue weighted by molar-refractivity contribution is 6.21. The molecule has 1 aliphatic heterocycles. The van der Waals surface area contributed by atoms with E-state index in [1.54, 1.807) is 31.2 Å². The number of carbonyl (C=O) groups is 3. The van der Waals surface area contributed by atoms with Gasteiger partial charge in [0.15, 0.2) is 0 Å². The number of hydrogen-bond donors (Lipinski definition) is 1. The van der Waals surface area contributed by atoms with Crippen molar-refractivity contribution in [1.82, 2.24) is 10.2 Å². The molecule has 1 aliphatic rings. The van der Waals surface area contributed by atoms with E-state index >= 15 is 0 Å². The van der Waals surface area contributed by atoms with Crippen LogP contribution in [0.5, 0.6) is 0 Å². The van der Waals surface area contributed by atoms with Crippen molar-refractivity contribution in [1.29, 1.82) is 0 Å². The second kappa shape index (κ2) is 6.54. The summed E-state index contributed by atoms with van der Waals surface area (Å²) in [5, 5.41) is 2.51. The zero-order chi connectivity index (χ0) is 17.1. The molecule has 0 saturated heterocycles. The minimum atomic E-state index is -0.805. The Bertz CT molecular complexity index is 754. The third kappa shape index (κ3) is 2.99. The van der Waals surface area contributed by atoms with E-state index in [0.29, 0.717) is 11.1 Å². The van der Waals surface area contributed by atoms with Gasteiger partial charge in [0.25, 0.3) is 11.8 Å². The molecule has 1 heterocycles. The van der Waals surface area contributed by atoms with Crippen LogP contribution in [0, 0.1) is 0 Å². The first-order chi connectivity index (χ1) is 11.6. The van der Waals surface area contributed by atoms with E-state index in [0.717, 1.165) is 10.5 Å². The van der Waals surface area contributed by atoms with Crippen molar-refractivity contribution in [2.45, 2.75) is 19.7 Å². The Morgan fingerprint density at radius 1 is 1.00 bits per heavy atom. The first-order valence-corrected chi connectivity index (χ1v) is 7.52. The molecule has 0 spiro atoms. The highest BCUT2D eigenvalue weighted by Gasteiger charge is 2.38. The first-order valence-electron chi connectivity index (χ1n) is 7.52. The Kier molecular flexibility index (Phi) is 4.29. The second-order valence-electron chi connectivity index (χ2n) is 5.41. The molecule has 0 saturated carbocycles. The number of ether oxygens (including phenoxy) is 1. The lowest BCUT2D eigenvalue weighted by Crippen LogP contribution is -2.49. The van der Waals surface area contributed by atoms with Crippen LogP contribution in [0.2, 0.25) is 0 Å². The van der Waals surface area contributed by atoms with Crippen LogP contribution in [0.4, 0.5) is 4.79 Å². The summed E-state index contributed by atoms with van der Waals surface area (Å²) < 4.78 is 5.11. The second-order valence-corrected chi connectivity index (χ2v) is 5.41. The van der Waals surface area contributed by atoms with Crippen molar-refractivity contribution < 1.29 is 19.1 Å². The van der Waals surface area contributed by atoms with Gasteiger partial charge >= 0.3 is 6.09 Å². The van der Waals surface area contributed by atoms with Gasteiger partial charge in [-0.05, 0) is 24.6 Å². The van der Waals surface area contributed by atoms with Crippen LogP contribution in [-0.4, -0.2) is 29.0 Å². The Morgan fingerprint density at radius 2 is 1.54 bits per heavy atom. The number of hydrogen-bond acceptors (Lipinski definition) is 4. The molecule has 24 heavy (non-hydrogen) atoms. The Balaban J connectivity index is 1.61. The van der Waals surface area contributed by atoms with Gasteiger partial charge in [0.2, 0.25) is 0 Å². The zero-order valence-corrected chi connectivity index (χ0v) is 13.1. The highest BCUT2D eigenvalue weighted by atomic mass is 16.5. The van der Waals surface area contributed by atoms with Crippen LogP contribution in [0.1, 0.15) is 33.2 Å². The van der Waals surface area contributed by atoms with Gasteiger partial charge in [-0.15, -0.1) is 0 Å². The van der Waals surface area contributed by atoms with Crippen molar-refractivity contribution in [3.8, 4) is 0 Å². The number of imide groups is 1. The molecule has 2 aromatic rings.